The van der Waals surface area contributed by atoms with Crippen LogP contribution in [0.4, 0.5) is 5.69 Å². The molecule has 1 heterocycles. The number of halogens is 1. The molecule has 0 bridgehead atoms. The number of alkyl halides is 1. The number of rotatable bonds is 2. The van der Waals surface area contributed by atoms with E-state index in [1.807, 2.05) is 0 Å². The van der Waals surface area contributed by atoms with Crippen LogP contribution in [-0.4, -0.2) is 21.9 Å². The van der Waals surface area contributed by atoms with Gasteiger partial charge in [0.1, 0.15) is 5.84 Å². The summed E-state index contributed by atoms with van der Waals surface area (Å²) in [5.41, 5.74) is 6.71. The second kappa shape index (κ2) is 3.78. The van der Waals surface area contributed by atoms with E-state index in [-0.39, 0.29) is 11.4 Å². The number of H-pyrrole nitrogens is 2. The first-order valence-electron chi connectivity index (χ1n) is 4.30. The van der Waals surface area contributed by atoms with Crippen molar-refractivity contribution in [3.8, 4) is 0 Å². The van der Waals surface area contributed by atoms with Crippen LogP contribution in [-0.2, 0) is 0 Å². The third-order valence-corrected chi connectivity index (χ3v) is 2.24. The highest BCUT2D eigenvalue weighted by Gasteiger charge is 2.01. The Bertz CT molecular complexity index is 569. The van der Waals surface area contributed by atoms with E-state index in [2.05, 4.69) is 15.2 Å². The van der Waals surface area contributed by atoms with Crippen molar-refractivity contribution in [3.63, 3.8) is 0 Å². The molecule has 0 atom stereocenters. The lowest BCUT2D eigenvalue weighted by Crippen LogP contribution is -2.12. The molecule has 0 amide bonds. The molecule has 6 heteroatoms. The molecule has 2 aromatic rings. The Labute approximate surface area is 89.9 Å². The first-order chi connectivity index (χ1) is 7.20. The molecule has 0 saturated heterocycles. The van der Waals surface area contributed by atoms with Gasteiger partial charge >= 0.3 is 0 Å². The Morgan fingerprint density at radius 2 is 2.27 bits per heavy atom. The van der Waals surface area contributed by atoms with Crippen molar-refractivity contribution in [3.05, 3.63) is 28.6 Å². The number of hydrogen-bond donors (Lipinski definition) is 3. The number of fused-ring (bicyclic) bond motifs is 1. The number of aromatic amines is 2. The summed E-state index contributed by atoms with van der Waals surface area (Å²) in [6.07, 6.45) is 0. The molecule has 78 valence electrons. The second-order valence-corrected chi connectivity index (χ2v) is 3.31. The summed E-state index contributed by atoms with van der Waals surface area (Å²) < 4.78 is 0. The zero-order valence-corrected chi connectivity index (χ0v) is 8.51. The van der Waals surface area contributed by atoms with Crippen molar-refractivity contribution in [2.24, 2.45) is 10.7 Å². The third kappa shape index (κ3) is 1.87. The number of nitrogens with one attached hydrogen (secondary N) is 2. The molecule has 0 aliphatic rings. The van der Waals surface area contributed by atoms with Crippen LogP contribution in [0.2, 0.25) is 0 Å². The minimum atomic E-state index is -0.147. The van der Waals surface area contributed by atoms with Crippen molar-refractivity contribution >= 4 is 34.0 Å². The molecule has 4 N–H and O–H groups in total. The van der Waals surface area contributed by atoms with Gasteiger partial charge in [-0.05, 0) is 18.2 Å². The molecule has 0 aliphatic carbocycles. The minimum absolute atomic E-state index is 0.147. The van der Waals surface area contributed by atoms with Crippen molar-refractivity contribution in [1.82, 2.24) is 10.2 Å². The summed E-state index contributed by atoms with van der Waals surface area (Å²) >= 11 is 5.50. The Morgan fingerprint density at radius 1 is 1.47 bits per heavy atom. The predicted octanol–water partition coefficient (Wildman–Crippen LogP) is 1.08. The summed E-state index contributed by atoms with van der Waals surface area (Å²) in [6, 6.07) is 5.13. The Morgan fingerprint density at radius 3 is 3.00 bits per heavy atom. The molecule has 0 aliphatic heterocycles. The van der Waals surface area contributed by atoms with Crippen LogP contribution in [0.1, 0.15) is 0 Å². The van der Waals surface area contributed by atoms with Crippen molar-refractivity contribution in [1.29, 1.82) is 0 Å². The van der Waals surface area contributed by atoms with Crippen LogP contribution in [0, 0.1) is 0 Å². The molecule has 0 saturated carbocycles. The van der Waals surface area contributed by atoms with Crippen LogP contribution >= 0.6 is 11.6 Å². The highest BCUT2D eigenvalue weighted by atomic mass is 35.5. The molecular formula is C9H9ClN4O. The quantitative estimate of drug-likeness (QED) is 0.405. The average Bonchev–Trinajstić information content (AvgIpc) is 2.60. The molecule has 15 heavy (non-hydrogen) atoms. The van der Waals surface area contributed by atoms with Gasteiger partial charge in [0.05, 0.1) is 22.5 Å². The number of nitrogens with two attached hydrogens (primary N) is 1. The van der Waals surface area contributed by atoms with E-state index >= 15 is 0 Å². The van der Waals surface area contributed by atoms with E-state index in [4.69, 9.17) is 17.3 Å². The van der Waals surface area contributed by atoms with Gasteiger partial charge < -0.3 is 5.73 Å². The highest BCUT2D eigenvalue weighted by Crippen LogP contribution is 2.16. The van der Waals surface area contributed by atoms with E-state index in [1.165, 1.54) is 0 Å². The summed E-state index contributed by atoms with van der Waals surface area (Å²) in [7, 11) is 0. The van der Waals surface area contributed by atoms with Gasteiger partial charge in [-0.25, -0.2) is 4.99 Å². The van der Waals surface area contributed by atoms with Gasteiger partial charge in [0.2, 0.25) is 0 Å². The summed E-state index contributed by atoms with van der Waals surface area (Å²) in [5.74, 6) is 0.524. The average molecular weight is 225 g/mol. The van der Waals surface area contributed by atoms with Crippen molar-refractivity contribution < 1.29 is 0 Å². The van der Waals surface area contributed by atoms with Gasteiger partial charge in [0.15, 0.2) is 0 Å². The molecule has 0 fully saturated rings. The molecule has 0 unspecified atom stereocenters. The maximum atomic E-state index is 11.2. The number of nitrogens with zero attached hydrogens (tertiary/aromatic N) is 1. The van der Waals surface area contributed by atoms with Crippen molar-refractivity contribution in [2.75, 3.05) is 5.88 Å². The highest BCUT2D eigenvalue weighted by molar-refractivity contribution is 6.28. The minimum Gasteiger partial charge on any atom is -0.386 e. The lowest BCUT2D eigenvalue weighted by molar-refractivity contribution is 1.08. The maximum Gasteiger partial charge on any atom is 0.271 e. The molecular weight excluding hydrogens is 216 g/mol. The Kier molecular flexibility index (Phi) is 2.47. The molecule has 5 nitrogen and oxygen atoms in total. The van der Waals surface area contributed by atoms with Gasteiger partial charge in [-0.2, -0.15) is 0 Å². The monoisotopic (exact) mass is 224 g/mol. The second-order valence-electron chi connectivity index (χ2n) is 3.05. The number of hydrogen-bond acceptors (Lipinski definition) is 2. The lowest BCUT2D eigenvalue weighted by atomic mass is 10.2. The number of amidine groups is 1. The maximum absolute atomic E-state index is 11.2. The van der Waals surface area contributed by atoms with Crippen LogP contribution in [0.3, 0.4) is 0 Å². The zero-order chi connectivity index (χ0) is 10.8. The number of benzene rings is 1. The van der Waals surface area contributed by atoms with Gasteiger partial charge in [-0.3, -0.25) is 15.0 Å². The van der Waals surface area contributed by atoms with E-state index in [1.54, 1.807) is 18.2 Å². The van der Waals surface area contributed by atoms with Gasteiger partial charge in [-0.1, -0.05) is 0 Å². The SMILES string of the molecule is NC(CCl)=Nc1ccc2c(=O)[nH][nH]c2c1. The summed E-state index contributed by atoms with van der Waals surface area (Å²) in [4.78, 5) is 15.3. The standard InChI is InChI=1S/C9H9ClN4O/c10-4-8(11)12-5-1-2-6-7(3-5)13-14-9(6)15/h1-3H,4H2,(H2,11,12)(H2,13,14,15). The van der Waals surface area contributed by atoms with E-state index in [0.717, 1.165) is 0 Å². The van der Waals surface area contributed by atoms with E-state index in [0.29, 0.717) is 22.4 Å². The largest absolute Gasteiger partial charge is 0.386 e. The lowest BCUT2D eigenvalue weighted by Gasteiger charge is -1.95. The fraction of sp³-hybridized carbons (Fsp3) is 0.111. The zero-order valence-electron chi connectivity index (χ0n) is 7.75. The molecule has 1 aromatic heterocycles. The fourth-order valence-corrected chi connectivity index (χ4v) is 1.35. The molecule has 2 rings (SSSR count). The topological polar surface area (TPSA) is 87.0 Å². The Balaban J connectivity index is 2.52. The molecule has 0 radical (unpaired) electrons. The summed E-state index contributed by atoms with van der Waals surface area (Å²) in [5, 5.41) is 5.82. The first kappa shape index (κ1) is 9.79. The van der Waals surface area contributed by atoms with Gasteiger partial charge in [-0.15, -0.1) is 11.6 Å². The van der Waals surface area contributed by atoms with Gasteiger partial charge in [0, 0.05) is 0 Å². The number of aromatic nitrogens is 2. The van der Waals surface area contributed by atoms with Crippen molar-refractivity contribution in [2.45, 2.75) is 0 Å². The number of aliphatic imine (C=N–C) groups is 1. The van der Waals surface area contributed by atoms with Crippen LogP contribution < -0.4 is 11.3 Å². The molecule has 0 spiro atoms. The Hall–Kier alpha value is -1.75. The summed E-state index contributed by atoms with van der Waals surface area (Å²) in [6.45, 7) is 0. The fourth-order valence-electron chi connectivity index (χ4n) is 1.29. The third-order valence-electron chi connectivity index (χ3n) is 1.97. The van der Waals surface area contributed by atoms with Crippen LogP contribution in [0.25, 0.3) is 10.9 Å². The smallest absolute Gasteiger partial charge is 0.271 e. The first-order valence-corrected chi connectivity index (χ1v) is 4.83. The van der Waals surface area contributed by atoms with E-state index < -0.39 is 0 Å². The van der Waals surface area contributed by atoms with Gasteiger partial charge in [0.25, 0.3) is 5.56 Å². The van der Waals surface area contributed by atoms with E-state index in [9.17, 15) is 4.79 Å². The predicted molar refractivity (Wildman–Crippen MR) is 60.9 cm³/mol. The van der Waals surface area contributed by atoms with Crippen LogP contribution in [0.5, 0.6) is 0 Å². The molecule has 1 aromatic carbocycles. The normalized spacial score (nSPS) is 12.2. The van der Waals surface area contributed by atoms with Crippen LogP contribution in [0.15, 0.2) is 28.0 Å².